The molecule has 5 rings (SSSR count). The van der Waals surface area contributed by atoms with Crippen LogP contribution in [0.4, 0.5) is 8.78 Å². The normalized spacial score (nSPS) is 19.3. The molecular formula is C28H34F2N4O2. The fraction of sp³-hybridized carbons (Fsp3) is 0.536. The number of aliphatic hydroxyl groups is 1. The lowest BCUT2D eigenvalue weighted by molar-refractivity contribution is -0.127. The monoisotopic (exact) mass is 496 g/mol. The van der Waals surface area contributed by atoms with Gasteiger partial charge in [0.15, 0.2) is 11.6 Å². The zero-order valence-electron chi connectivity index (χ0n) is 20.5. The molecule has 2 aliphatic carbocycles. The quantitative estimate of drug-likeness (QED) is 0.449. The van der Waals surface area contributed by atoms with E-state index in [1.807, 2.05) is 0 Å². The lowest BCUT2D eigenvalue weighted by Gasteiger charge is -2.34. The molecule has 0 aliphatic heterocycles. The Morgan fingerprint density at radius 2 is 1.72 bits per heavy atom. The summed E-state index contributed by atoms with van der Waals surface area (Å²) in [5.41, 5.74) is 1.14. The summed E-state index contributed by atoms with van der Waals surface area (Å²) in [7, 11) is 0. The number of hydrogen-bond donors (Lipinski definition) is 2. The molecule has 2 N–H and O–H groups in total. The first kappa shape index (κ1) is 24.8. The first-order valence-electron chi connectivity index (χ1n) is 13.3. The summed E-state index contributed by atoms with van der Waals surface area (Å²) in [5.74, 6) is -1.56. The first-order valence-corrected chi connectivity index (χ1v) is 13.3. The van der Waals surface area contributed by atoms with Gasteiger partial charge in [0, 0.05) is 30.8 Å². The van der Waals surface area contributed by atoms with E-state index in [-0.39, 0.29) is 29.8 Å². The number of amides is 1. The largest absolute Gasteiger partial charge is 0.386 e. The number of carbonyl (C=O) groups excluding carboxylic acids is 1. The van der Waals surface area contributed by atoms with Gasteiger partial charge in [0.1, 0.15) is 18.0 Å². The predicted molar refractivity (Wildman–Crippen MR) is 133 cm³/mol. The predicted octanol–water partition coefficient (Wildman–Crippen LogP) is 5.56. The van der Waals surface area contributed by atoms with Gasteiger partial charge in [-0.05, 0) is 43.7 Å². The maximum absolute atomic E-state index is 14.5. The Balaban J connectivity index is 1.58. The van der Waals surface area contributed by atoms with Crippen molar-refractivity contribution in [3.63, 3.8) is 0 Å². The highest BCUT2D eigenvalue weighted by Crippen LogP contribution is 2.37. The zero-order valence-corrected chi connectivity index (χ0v) is 20.5. The average molecular weight is 497 g/mol. The molecule has 1 amide bonds. The van der Waals surface area contributed by atoms with E-state index < -0.39 is 23.8 Å². The standard InChI is InChI=1S/C28H34F2N4O2/c29-20-15-23-24(16-21(20)30)34(26(33-23)17-25(35)22-13-7-8-14-31-22)27(18-9-3-1-4-10-18)28(36)32-19-11-5-2-6-12-19/h7-8,13-16,18-19,25,27,35H,1-6,9-12,17H2,(H,32,36). The van der Waals surface area contributed by atoms with Crippen molar-refractivity contribution in [2.45, 2.75) is 88.8 Å². The second kappa shape index (κ2) is 11.0. The molecule has 0 bridgehead atoms. The number of carbonyl (C=O) groups is 1. The number of aromatic nitrogens is 3. The van der Waals surface area contributed by atoms with Crippen LogP contribution in [0.2, 0.25) is 0 Å². The minimum absolute atomic E-state index is 0.0543. The van der Waals surface area contributed by atoms with E-state index in [0.29, 0.717) is 17.0 Å². The Bertz CT molecular complexity index is 1190. The van der Waals surface area contributed by atoms with E-state index in [4.69, 9.17) is 0 Å². The van der Waals surface area contributed by atoms with Crippen LogP contribution in [-0.4, -0.2) is 31.6 Å². The molecule has 2 aromatic heterocycles. The Kier molecular flexibility index (Phi) is 7.60. The van der Waals surface area contributed by atoms with Crippen molar-refractivity contribution in [3.8, 4) is 0 Å². The van der Waals surface area contributed by atoms with Crippen LogP contribution in [0.5, 0.6) is 0 Å². The first-order chi connectivity index (χ1) is 17.5. The molecule has 1 aromatic carbocycles. The summed E-state index contributed by atoms with van der Waals surface area (Å²) in [6.45, 7) is 0. The molecule has 2 heterocycles. The van der Waals surface area contributed by atoms with Crippen molar-refractivity contribution in [2.24, 2.45) is 5.92 Å². The minimum Gasteiger partial charge on any atom is -0.386 e. The second-order valence-electron chi connectivity index (χ2n) is 10.3. The van der Waals surface area contributed by atoms with Crippen molar-refractivity contribution in [1.82, 2.24) is 19.9 Å². The van der Waals surface area contributed by atoms with Gasteiger partial charge < -0.3 is 15.0 Å². The third-order valence-electron chi connectivity index (χ3n) is 7.80. The second-order valence-corrected chi connectivity index (χ2v) is 10.3. The summed E-state index contributed by atoms with van der Waals surface area (Å²) in [6, 6.07) is 7.03. The molecule has 2 fully saturated rings. The number of pyridine rings is 1. The van der Waals surface area contributed by atoms with Gasteiger partial charge in [0.05, 0.1) is 16.7 Å². The van der Waals surface area contributed by atoms with Gasteiger partial charge in [0.25, 0.3) is 0 Å². The molecule has 0 spiro atoms. The van der Waals surface area contributed by atoms with Crippen LogP contribution in [0.1, 0.15) is 87.9 Å². The van der Waals surface area contributed by atoms with Crippen LogP contribution in [0, 0.1) is 17.6 Å². The SMILES string of the molecule is O=C(NC1CCCCC1)C(C1CCCCC1)n1c(CC(O)c2ccccn2)nc2cc(F)c(F)cc21. The third-order valence-corrected chi connectivity index (χ3v) is 7.80. The molecule has 36 heavy (non-hydrogen) atoms. The van der Waals surface area contributed by atoms with E-state index in [0.717, 1.165) is 69.9 Å². The van der Waals surface area contributed by atoms with E-state index in [1.165, 1.54) is 6.42 Å². The molecule has 0 saturated heterocycles. The Morgan fingerprint density at radius 1 is 1.03 bits per heavy atom. The van der Waals surface area contributed by atoms with Gasteiger partial charge in [-0.1, -0.05) is 44.6 Å². The summed E-state index contributed by atoms with van der Waals surface area (Å²) < 4.78 is 30.4. The molecule has 8 heteroatoms. The van der Waals surface area contributed by atoms with Gasteiger partial charge in [-0.3, -0.25) is 9.78 Å². The molecule has 2 unspecified atom stereocenters. The summed E-state index contributed by atoms with van der Waals surface area (Å²) in [5, 5.41) is 14.2. The number of rotatable bonds is 7. The number of imidazole rings is 1. The maximum Gasteiger partial charge on any atom is 0.243 e. The molecule has 192 valence electrons. The highest BCUT2D eigenvalue weighted by molar-refractivity contribution is 5.85. The Hall–Kier alpha value is -2.87. The molecule has 2 aliphatic rings. The number of aliphatic hydroxyl groups excluding tert-OH is 1. The van der Waals surface area contributed by atoms with Crippen LogP contribution in [-0.2, 0) is 11.2 Å². The van der Waals surface area contributed by atoms with Gasteiger partial charge in [-0.2, -0.15) is 0 Å². The molecule has 0 radical (unpaired) electrons. The van der Waals surface area contributed by atoms with Gasteiger partial charge in [-0.25, -0.2) is 13.8 Å². The number of fused-ring (bicyclic) bond motifs is 1. The lowest BCUT2D eigenvalue weighted by atomic mass is 9.82. The fourth-order valence-corrected chi connectivity index (χ4v) is 5.97. The molecule has 3 aromatic rings. The molecule has 2 saturated carbocycles. The number of nitrogens with zero attached hydrogens (tertiary/aromatic N) is 3. The van der Waals surface area contributed by atoms with E-state index in [9.17, 15) is 18.7 Å². The fourth-order valence-electron chi connectivity index (χ4n) is 5.97. The van der Waals surface area contributed by atoms with Gasteiger partial charge >= 0.3 is 0 Å². The summed E-state index contributed by atoms with van der Waals surface area (Å²) in [4.78, 5) is 22.8. The van der Waals surface area contributed by atoms with Crippen molar-refractivity contribution >= 4 is 16.9 Å². The number of halogens is 2. The third kappa shape index (κ3) is 5.28. The molecule has 2 atom stereocenters. The minimum atomic E-state index is -0.982. The summed E-state index contributed by atoms with van der Waals surface area (Å²) >= 11 is 0. The van der Waals surface area contributed by atoms with E-state index in [1.54, 1.807) is 29.0 Å². The number of nitrogens with one attached hydrogen (secondary N) is 1. The van der Waals surface area contributed by atoms with Crippen LogP contribution >= 0.6 is 0 Å². The highest BCUT2D eigenvalue weighted by atomic mass is 19.2. The van der Waals surface area contributed by atoms with Crippen molar-refractivity contribution in [3.05, 3.63) is 59.7 Å². The number of hydrogen-bond acceptors (Lipinski definition) is 4. The number of benzene rings is 1. The van der Waals surface area contributed by atoms with Crippen LogP contribution in [0.15, 0.2) is 36.5 Å². The van der Waals surface area contributed by atoms with E-state index in [2.05, 4.69) is 15.3 Å². The molecule has 6 nitrogen and oxygen atoms in total. The lowest BCUT2D eigenvalue weighted by Crippen LogP contribution is -2.44. The maximum atomic E-state index is 14.5. The Morgan fingerprint density at radius 3 is 2.42 bits per heavy atom. The van der Waals surface area contributed by atoms with Crippen molar-refractivity contribution < 1.29 is 18.7 Å². The zero-order chi connectivity index (χ0) is 25.1. The average Bonchev–Trinajstić information content (AvgIpc) is 3.22. The van der Waals surface area contributed by atoms with Crippen LogP contribution < -0.4 is 5.32 Å². The van der Waals surface area contributed by atoms with Gasteiger partial charge in [-0.15, -0.1) is 0 Å². The van der Waals surface area contributed by atoms with E-state index >= 15 is 0 Å². The van der Waals surface area contributed by atoms with Crippen molar-refractivity contribution in [2.75, 3.05) is 0 Å². The highest BCUT2D eigenvalue weighted by Gasteiger charge is 2.36. The summed E-state index contributed by atoms with van der Waals surface area (Å²) in [6.07, 6.45) is 11.0. The van der Waals surface area contributed by atoms with Crippen LogP contribution in [0.25, 0.3) is 11.0 Å². The van der Waals surface area contributed by atoms with Crippen LogP contribution in [0.3, 0.4) is 0 Å². The molecular weight excluding hydrogens is 462 g/mol. The van der Waals surface area contributed by atoms with Crippen molar-refractivity contribution in [1.29, 1.82) is 0 Å². The smallest absolute Gasteiger partial charge is 0.243 e. The topological polar surface area (TPSA) is 80.0 Å². The van der Waals surface area contributed by atoms with Gasteiger partial charge in [0.2, 0.25) is 5.91 Å². The Labute approximate surface area is 210 Å².